The molecule has 4 aromatic rings. The number of furan rings is 1. The minimum absolute atomic E-state index is 0.0587. The molecule has 0 saturated carbocycles. The maximum absolute atomic E-state index is 12.7. The summed E-state index contributed by atoms with van der Waals surface area (Å²) in [5.74, 6) is 1.75. The van der Waals surface area contributed by atoms with Gasteiger partial charge < -0.3 is 9.73 Å². The second kappa shape index (κ2) is 9.74. The van der Waals surface area contributed by atoms with Crippen molar-refractivity contribution in [1.29, 1.82) is 0 Å². The van der Waals surface area contributed by atoms with E-state index in [4.69, 9.17) is 4.42 Å². The quantitative estimate of drug-likeness (QED) is 0.319. The van der Waals surface area contributed by atoms with Crippen LogP contribution in [0.1, 0.15) is 49.6 Å². The zero-order chi connectivity index (χ0) is 24.4. The van der Waals surface area contributed by atoms with Crippen LogP contribution < -0.4 is 5.32 Å². The summed E-state index contributed by atoms with van der Waals surface area (Å²) in [6.45, 7) is 7.09. The van der Waals surface area contributed by atoms with Gasteiger partial charge in [-0.05, 0) is 65.6 Å². The fourth-order valence-electron chi connectivity index (χ4n) is 4.41. The van der Waals surface area contributed by atoms with Gasteiger partial charge in [-0.2, -0.15) is 0 Å². The average molecular weight is 487 g/mol. The van der Waals surface area contributed by atoms with Crippen molar-refractivity contribution in [1.82, 2.24) is 14.8 Å². The fourth-order valence-corrected chi connectivity index (χ4v) is 5.14. The molecule has 5 rings (SSSR count). The number of nitrogens with one attached hydrogen (secondary N) is 1. The lowest BCUT2D eigenvalue weighted by Gasteiger charge is -2.19. The maximum atomic E-state index is 12.7. The van der Waals surface area contributed by atoms with Gasteiger partial charge in [0.15, 0.2) is 11.0 Å². The minimum Gasteiger partial charge on any atom is -0.467 e. The summed E-state index contributed by atoms with van der Waals surface area (Å²) in [7, 11) is 0. The molecule has 7 heteroatoms. The monoisotopic (exact) mass is 486 g/mol. The predicted octanol–water partition coefficient (Wildman–Crippen LogP) is 6.10. The largest absolute Gasteiger partial charge is 0.467 e. The van der Waals surface area contributed by atoms with Crippen molar-refractivity contribution in [2.45, 2.75) is 57.1 Å². The summed E-state index contributed by atoms with van der Waals surface area (Å²) >= 11 is 1.38. The molecule has 0 saturated heterocycles. The van der Waals surface area contributed by atoms with Gasteiger partial charge in [0, 0.05) is 11.3 Å². The van der Waals surface area contributed by atoms with E-state index in [1.807, 2.05) is 22.8 Å². The zero-order valence-corrected chi connectivity index (χ0v) is 21.2. The lowest BCUT2D eigenvalue weighted by Crippen LogP contribution is -2.15. The van der Waals surface area contributed by atoms with Crippen LogP contribution in [0.5, 0.6) is 0 Å². The molecule has 2 aromatic heterocycles. The Balaban J connectivity index is 1.33. The van der Waals surface area contributed by atoms with Gasteiger partial charge in [-0.3, -0.25) is 9.36 Å². The Bertz CT molecular complexity index is 1320. The van der Waals surface area contributed by atoms with Crippen molar-refractivity contribution in [2.75, 3.05) is 11.1 Å². The molecule has 180 valence electrons. The van der Waals surface area contributed by atoms with Gasteiger partial charge in [0.25, 0.3) is 0 Å². The van der Waals surface area contributed by atoms with Crippen LogP contribution in [0.15, 0.2) is 70.4 Å². The SMILES string of the molecule is CC(C)(C)c1ccc(-c2nnc(SCC(=O)Nc3ccc4c(c3)CCC4)n2Cc2ccco2)cc1. The number of hydrogen-bond donors (Lipinski definition) is 1. The highest BCUT2D eigenvalue weighted by atomic mass is 32.2. The molecule has 35 heavy (non-hydrogen) atoms. The van der Waals surface area contributed by atoms with E-state index in [0.717, 1.165) is 35.7 Å². The molecule has 0 atom stereocenters. The van der Waals surface area contributed by atoms with Gasteiger partial charge in [0.05, 0.1) is 18.6 Å². The van der Waals surface area contributed by atoms with Crippen LogP contribution in [0.25, 0.3) is 11.4 Å². The summed E-state index contributed by atoms with van der Waals surface area (Å²) < 4.78 is 7.60. The van der Waals surface area contributed by atoms with Crippen LogP contribution in [0.3, 0.4) is 0 Å². The third-order valence-corrected chi connectivity index (χ3v) is 7.30. The summed E-state index contributed by atoms with van der Waals surface area (Å²) in [5.41, 5.74) is 5.91. The molecular weight excluding hydrogens is 456 g/mol. The first-order valence-corrected chi connectivity index (χ1v) is 13.0. The molecule has 2 aromatic carbocycles. The average Bonchev–Trinajstić information content (AvgIpc) is 3.59. The van der Waals surface area contributed by atoms with Gasteiger partial charge in [0.2, 0.25) is 5.91 Å². The van der Waals surface area contributed by atoms with Crippen molar-refractivity contribution in [2.24, 2.45) is 0 Å². The highest BCUT2D eigenvalue weighted by Crippen LogP contribution is 2.29. The smallest absolute Gasteiger partial charge is 0.234 e. The minimum atomic E-state index is -0.0587. The van der Waals surface area contributed by atoms with Gasteiger partial charge >= 0.3 is 0 Å². The molecule has 0 radical (unpaired) electrons. The zero-order valence-electron chi connectivity index (χ0n) is 20.4. The number of aromatic nitrogens is 3. The molecule has 1 N–H and O–H groups in total. The van der Waals surface area contributed by atoms with Crippen molar-refractivity contribution in [3.63, 3.8) is 0 Å². The molecule has 1 aliphatic carbocycles. The first kappa shape index (κ1) is 23.4. The summed E-state index contributed by atoms with van der Waals surface area (Å²) in [6.07, 6.45) is 5.07. The predicted molar refractivity (Wildman–Crippen MR) is 140 cm³/mol. The molecule has 6 nitrogen and oxygen atoms in total. The van der Waals surface area contributed by atoms with Gasteiger partial charge in [-0.15, -0.1) is 10.2 Å². The molecule has 0 bridgehead atoms. The highest BCUT2D eigenvalue weighted by Gasteiger charge is 2.19. The summed E-state index contributed by atoms with van der Waals surface area (Å²) in [6, 6.07) is 18.5. The third-order valence-electron chi connectivity index (χ3n) is 6.33. The number of carbonyl (C=O) groups excluding carboxylic acids is 1. The normalized spacial score (nSPS) is 13.1. The van der Waals surface area contributed by atoms with Crippen molar-refractivity contribution in [3.8, 4) is 11.4 Å². The highest BCUT2D eigenvalue weighted by molar-refractivity contribution is 7.99. The van der Waals surface area contributed by atoms with Crippen LogP contribution in [0, 0.1) is 0 Å². The number of anilines is 1. The third kappa shape index (κ3) is 5.35. The molecule has 1 amide bonds. The van der Waals surface area contributed by atoms with E-state index < -0.39 is 0 Å². The standard InChI is InChI=1S/C28H30N4O2S/c1-28(2,3)22-12-9-20(10-13-22)26-30-31-27(32(26)17-24-8-5-15-34-24)35-18-25(33)29-23-14-11-19-6-4-7-21(19)16-23/h5,8-16H,4,6-7,17-18H2,1-3H3,(H,29,33). The number of benzene rings is 2. The second-order valence-electron chi connectivity index (χ2n) is 9.97. The van der Waals surface area contributed by atoms with Gasteiger partial charge in [-0.25, -0.2) is 0 Å². The molecule has 1 aliphatic rings. The number of thioether (sulfide) groups is 1. The number of aryl methyl sites for hydroxylation is 2. The van der Waals surface area contributed by atoms with Crippen molar-refractivity contribution >= 4 is 23.4 Å². The number of fused-ring (bicyclic) bond motifs is 1. The Labute approximate surface area is 210 Å². The molecule has 0 fully saturated rings. The van der Waals surface area contributed by atoms with Crippen LogP contribution in [-0.4, -0.2) is 26.4 Å². The van der Waals surface area contributed by atoms with Crippen LogP contribution >= 0.6 is 11.8 Å². The van der Waals surface area contributed by atoms with Crippen molar-refractivity contribution < 1.29 is 9.21 Å². The number of hydrogen-bond acceptors (Lipinski definition) is 5. The lowest BCUT2D eigenvalue weighted by atomic mass is 9.87. The van der Waals surface area contributed by atoms with E-state index in [9.17, 15) is 4.79 Å². The topological polar surface area (TPSA) is 73.0 Å². The van der Waals surface area contributed by atoms with E-state index >= 15 is 0 Å². The summed E-state index contributed by atoms with van der Waals surface area (Å²) in [5, 5.41) is 12.6. The Morgan fingerprint density at radius 1 is 1.06 bits per heavy atom. The number of rotatable bonds is 7. The molecule has 0 unspecified atom stereocenters. The number of amides is 1. The lowest BCUT2D eigenvalue weighted by molar-refractivity contribution is -0.113. The molecule has 2 heterocycles. The first-order valence-electron chi connectivity index (χ1n) is 12.0. The Morgan fingerprint density at radius 3 is 2.60 bits per heavy atom. The van der Waals surface area contributed by atoms with E-state index in [0.29, 0.717) is 11.7 Å². The first-order chi connectivity index (χ1) is 16.9. The number of nitrogens with zero attached hydrogens (tertiary/aromatic N) is 3. The van der Waals surface area contributed by atoms with Gasteiger partial charge in [-0.1, -0.05) is 62.9 Å². The molecule has 0 aliphatic heterocycles. The molecular formula is C28H30N4O2S. The van der Waals surface area contributed by atoms with Crippen LogP contribution in [-0.2, 0) is 29.6 Å². The Kier molecular flexibility index (Phi) is 6.52. The van der Waals surface area contributed by atoms with Gasteiger partial charge in [0.1, 0.15) is 5.76 Å². The van der Waals surface area contributed by atoms with E-state index in [2.05, 4.69) is 72.7 Å². The van der Waals surface area contributed by atoms with E-state index in [1.165, 1.54) is 34.9 Å². The van der Waals surface area contributed by atoms with Crippen molar-refractivity contribution in [3.05, 3.63) is 83.3 Å². The second-order valence-corrected chi connectivity index (χ2v) is 10.9. The molecule has 0 spiro atoms. The maximum Gasteiger partial charge on any atom is 0.234 e. The van der Waals surface area contributed by atoms with E-state index in [1.54, 1.807) is 6.26 Å². The number of carbonyl (C=O) groups is 1. The Morgan fingerprint density at radius 2 is 1.86 bits per heavy atom. The fraction of sp³-hybridized carbons (Fsp3) is 0.321. The summed E-state index contributed by atoms with van der Waals surface area (Å²) in [4.78, 5) is 12.7. The van der Waals surface area contributed by atoms with Crippen LogP contribution in [0.4, 0.5) is 5.69 Å². The van der Waals surface area contributed by atoms with E-state index in [-0.39, 0.29) is 17.1 Å². The Hall–Kier alpha value is -3.32. The van der Waals surface area contributed by atoms with Crippen LogP contribution in [0.2, 0.25) is 0 Å².